The van der Waals surface area contributed by atoms with Crippen molar-refractivity contribution < 1.29 is 0 Å². The second-order valence-electron chi connectivity index (χ2n) is 3.35. The van der Waals surface area contributed by atoms with Crippen LogP contribution in [0.4, 0.5) is 0 Å². The Balaban J connectivity index is 2.34. The third-order valence-corrected chi connectivity index (χ3v) is 2.40. The van der Waals surface area contributed by atoms with Crippen molar-refractivity contribution in [1.29, 1.82) is 10.5 Å². The maximum Gasteiger partial charge on any atom is 0.204 e. The van der Waals surface area contributed by atoms with Crippen molar-refractivity contribution in [2.75, 3.05) is 0 Å². The highest BCUT2D eigenvalue weighted by molar-refractivity contribution is 5.56. The average molecular weight is 236 g/mol. The van der Waals surface area contributed by atoms with Crippen LogP contribution in [0.3, 0.4) is 0 Å². The molecule has 0 saturated heterocycles. The SMILES string of the molecule is N#Cc1ncn(-c2nccn3cnnc23)c1C#N. The van der Waals surface area contributed by atoms with Crippen molar-refractivity contribution in [2.24, 2.45) is 0 Å². The lowest BCUT2D eigenvalue weighted by Gasteiger charge is -2.02. The topological polar surface area (TPSA) is 108 Å². The Bertz CT molecular complexity index is 812. The first kappa shape index (κ1) is 9.93. The van der Waals surface area contributed by atoms with Crippen molar-refractivity contribution in [3.8, 4) is 18.0 Å². The van der Waals surface area contributed by atoms with Gasteiger partial charge in [0, 0.05) is 12.4 Å². The molecule has 0 atom stereocenters. The van der Waals surface area contributed by atoms with E-state index in [2.05, 4.69) is 20.2 Å². The third kappa shape index (κ3) is 1.23. The summed E-state index contributed by atoms with van der Waals surface area (Å²) in [6.07, 6.45) is 6.13. The second kappa shape index (κ2) is 3.64. The molecule has 8 heteroatoms. The standard InChI is InChI=1S/C10H4N8/c11-3-7-8(4-12)18(5-14-7)9-10-16-15-6-17(10)2-1-13-9/h1-2,5-6H. The van der Waals surface area contributed by atoms with E-state index in [0.717, 1.165) is 0 Å². The molecule has 0 bridgehead atoms. The van der Waals surface area contributed by atoms with Crippen LogP contribution >= 0.6 is 0 Å². The number of nitriles is 2. The molecule has 0 unspecified atom stereocenters. The highest BCUT2D eigenvalue weighted by Crippen LogP contribution is 2.14. The Kier molecular flexibility index (Phi) is 2.01. The average Bonchev–Trinajstić information content (AvgIpc) is 3.03. The van der Waals surface area contributed by atoms with Gasteiger partial charge in [-0.2, -0.15) is 10.5 Å². The number of fused-ring (bicyclic) bond motifs is 1. The van der Waals surface area contributed by atoms with Crippen LogP contribution in [0.2, 0.25) is 0 Å². The lowest BCUT2D eigenvalue weighted by molar-refractivity contribution is 0.954. The summed E-state index contributed by atoms with van der Waals surface area (Å²) in [7, 11) is 0. The normalized spacial score (nSPS) is 10.1. The highest BCUT2D eigenvalue weighted by atomic mass is 15.3. The van der Waals surface area contributed by atoms with Crippen LogP contribution in [-0.2, 0) is 0 Å². The first-order chi connectivity index (χ1) is 8.85. The van der Waals surface area contributed by atoms with Crippen LogP contribution in [0.25, 0.3) is 11.5 Å². The van der Waals surface area contributed by atoms with E-state index in [-0.39, 0.29) is 11.4 Å². The van der Waals surface area contributed by atoms with E-state index < -0.39 is 0 Å². The van der Waals surface area contributed by atoms with Gasteiger partial charge in [0.1, 0.15) is 24.8 Å². The maximum atomic E-state index is 9.07. The molecule has 0 aliphatic carbocycles. The molecule has 8 nitrogen and oxygen atoms in total. The Labute approximate surface area is 100 Å². The highest BCUT2D eigenvalue weighted by Gasteiger charge is 2.15. The lowest BCUT2D eigenvalue weighted by atomic mass is 10.3. The minimum absolute atomic E-state index is 0.0563. The summed E-state index contributed by atoms with van der Waals surface area (Å²) in [4.78, 5) is 8.00. The smallest absolute Gasteiger partial charge is 0.204 e. The molecule has 3 rings (SSSR count). The molecule has 0 amide bonds. The van der Waals surface area contributed by atoms with Crippen LogP contribution in [0.5, 0.6) is 0 Å². The molecule has 84 valence electrons. The molecule has 3 aromatic heterocycles. The van der Waals surface area contributed by atoms with Gasteiger partial charge in [0.05, 0.1) is 0 Å². The second-order valence-corrected chi connectivity index (χ2v) is 3.35. The van der Waals surface area contributed by atoms with Crippen molar-refractivity contribution in [2.45, 2.75) is 0 Å². The van der Waals surface area contributed by atoms with E-state index >= 15 is 0 Å². The maximum absolute atomic E-state index is 9.07. The molecule has 3 heterocycles. The van der Waals surface area contributed by atoms with Gasteiger partial charge in [-0.05, 0) is 0 Å². The van der Waals surface area contributed by atoms with Crippen LogP contribution in [0, 0.1) is 22.7 Å². The van der Waals surface area contributed by atoms with E-state index in [4.69, 9.17) is 10.5 Å². The van der Waals surface area contributed by atoms with E-state index in [1.165, 1.54) is 17.2 Å². The minimum Gasteiger partial charge on any atom is -0.284 e. The largest absolute Gasteiger partial charge is 0.284 e. The predicted octanol–water partition coefficient (Wildman–Crippen LogP) is 0.0534. The van der Waals surface area contributed by atoms with Gasteiger partial charge in [-0.3, -0.25) is 8.97 Å². The Morgan fingerprint density at radius 3 is 2.78 bits per heavy atom. The summed E-state index contributed by atoms with van der Waals surface area (Å²) >= 11 is 0. The number of imidazole rings is 1. The first-order valence-electron chi connectivity index (χ1n) is 4.87. The van der Waals surface area contributed by atoms with Gasteiger partial charge >= 0.3 is 0 Å². The molecule has 0 spiro atoms. The monoisotopic (exact) mass is 236 g/mol. The summed E-state index contributed by atoms with van der Waals surface area (Å²) < 4.78 is 3.08. The molecule has 0 aromatic carbocycles. The van der Waals surface area contributed by atoms with Gasteiger partial charge in [0.25, 0.3) is 0 Å². The lowest BCUT2D eigenvalue weighted by Crippen LogP contribution is -2.02. The Morgan fingerprint density at radius 1 is 1.11 bits per heavy atom. The van der Waals surface area contributed by atoms with Crippen LogP contribution < -0.4 is 0 Å². The van der Waals surface area contributed by atoms with Gasteiger partial charge in [-0.25, -0.2) is 9.97 Å². The fourth-order valence-corrected chi connectivity index (χ4v) is 1.61. The fourth-order valence-electron chi connectivity index (χ4n) is 1.61. The van der Waals surface area contributed by atoms with E-state index in [0.29, 0.717) is 11.5 Å². The Morgan fingerprint density at radius 2 is 2.00 bits per heavy atom. The quantitative estimate of drug-likeness (QED) is 0.590. The zero-order valence-corrected chi connectivity index (χ0v) is 8.89. The molecule has 18 heavy (non-hydrogen) atoms. The van der Waals surface area contributed by atoms with Crippen LogP contribution in [-0.4, -0.2) is 29.1 Å². The predicted molar refractivity (Wildman–Crippen MR) is 57.3 cm³/mol. The van der Waals surface area contributed by atoms with Crippen LogP contribution in [0.1, 0.15) is 11.4 Å². The third-order valence-electron chi connectivity index (χ3n) is 2.40. The van der Waals surface area contributed by atoms with E-state index in [1.54, 1.807) is 16.8 Å². The van der Waals surface area contributed by atoms with Crippen molar-refractivity contribution in [3.63, 3.8) is 0 Å². The summed E-state index contributed by atoms with van der Waals surface area (Å²) in [6.45, 7) is 0. The first-order valence-corrected chi connectivity index (χ1v) is 4.87. The number of hydrogen-bond donors (Lipinski definition) is 0. The number of nitrogens with zero attached hydrogens (tertiary/aromatic N) is 8. The van der Waals surface area contributed by atoms with Gasteiger partial charge in [0.15, 0.2) is 17.2 Å². The molecule has 0 N–H and O–H groups in total. The zero-order valence-electron chi connectivity index (χ0n) is 8.89. The number of rotatable bonds is 1. The number of aromatic nitrogens is 6. The molecule has 0 aliphatic heterocycles. The van der Waals surface area contributed by atoms with Crippen molar-refractivity contribution in [1.82, 2.24) is 29.1 Å². The van der Waals surface area contributed by atoms with Crippen LogP contribution in [0.15, 0.2) is 25.0 Å². The van der Waals surface area contributed by atoms with Gasteiger partial charge in [0.2, 0.25) is 5.65 Å². The van der Waals surface area contributed by atoms with E-state index in [9.17, 15) is 0 Å². The summed E-state index contributed by atoms with van der Waals surface area (Å²) in [5.41, 5.74) is 0.665. The molecule has 0 fully saturated rings. The van der Waals surface area contributed by atoms with Gasteiger partial charge in [-0.1, -0.05) is 0 Å². The summed E-state index contributed by atoms with van der Waals surface area (Å²) in [6, 6.07) is 3.78. The van der Waals surface area contributed by atoms with Gasteiger partial charge in [-0.15, -0.1) is 10.2 Å². The van der Waals surface area contributed by atoms with E-state index in [1.807, 2.05) is 12.1 Å². The number of hydrogen-bond acceptors (Lipinski definition) is 6. The molecule has 0 radical (unpaired) electrons. The fraction of sp³-hybridized carbons (Fsp3) is 0. The molecule has 0 saturated carbocycles. The summed E-state index contributed by atoms with van der Waals surface area (Å²) in [5.74, 6) is 0.403. The van der Waals surface area contributed by atoms with Crippen molar-refractivity contribution >= 4 is 5.65 Å². The molecular formula is C10H4N8. The molecular weight excluding hydrogens is 232 g/mol. The Hall–Kier alpha value is -3.26. The van der Waals surface area contributed by atoms with Gasteiger partial charge < -0.3 is 0 Å². The van der Waals surface area contributed by atoms with Crippen molar-refractivity contribution in [3.05, 3.63) is 36.4 Å². The minimum atomic E-state index is 0.0563. The molecule has 0 aliphatic rings. The molecule has 3 aromatic rings. The zero-order chi connectivity index (χ0) is 12.5. The summed E-state index contributed by atoms with van der Waals surface area (Å²) in [5, 5.41) is 25.6.